The van der Waals surface area contributed by atoms with Gasteiger partial charge in [-0.05, 0) is 25.0 Å². The van der Waals surface area contributed by atoms with Gasteiger partial charge >= 0.3 is 11.9 Å². The Bertz CT molecular complexity index is 305. The van der Waals surface area contributed by atoms with E-state index < -0.39 is 0 Å². The topological polar surface area (TPSA) is 52.6 Å². The van der Waals surface area contributed by atoms with Crippen LogP contribution in [0.15, 0.2) is 12.2 Å². The smallest absolute Gasteiger partial charge is 0.306 e. The zero-order valence-corrected chi connectivity index (χ0v) is 15.7. The fourth-order valence-electron chi connectivity index (χ4n) is 2.31. The van der Waals surface area contributed by atoms with E-state index >= 15 is 0 Å². The van der Waals surface area contributed by atoms with Crippen molar-refractivity contribution in [1.29, 1.82) is 0 Å². The van der Waals surface area contributed by atoms with Crippen molar-refractivity contribution >= 4 is 11.9 Å². The van der Waals surface area contributed by atoms with Crippen LogP contribution in [0.25, 0.3) is 0 Å². The lowest BCUT2D eigenvalue weighted by Gasteiger charge is -2.03. The number of ether oxygens (including phenoxy) is 2. The largest absolute Gasteiger partial charge is 0.461 e. The van der Waals surface area contributed by atoms with E-state index in [0.717, 1.165) is 25.7 Å². The Morgan fingerprint density at radius 2 is 1.00 bits per heavy atom. The molecule has 4 heteroatoms. The maximum atomic E-state index is 11.5. The molecule has 0 atom stereocenters. The van der Waals surface area contributed by atoms with Crippen LogP contribution >= 0.6 is 0 Å². The van der Waals surface area contributed by atoms with Crippen LogP contribution in [0.3, 0.4) is 0 Å². The summed E-state index contributed by atoms with van der Waals surface area (Å²) in [6.45, 7) is 4.85. The molecule has 140 valence electrons. The van der Waals surface area contributed by atoms with E-state index in [1.807, 2.05) is 0 Å². The fraction of sp³-hybridized carbons (Fsp3) is 0.800. The highest BCUT2D eigenvalue weighted by Gasteiger charge is 2.02. The molecule has 0 aromatic carbocycles. The molecule has 0 aliphatic rings. The van der Waals surface area contributed by atoms with Crippen molar-refractivity contribution in [3.05, 3.63) is 12.2 Å². The van der Waals surface area contributed by atoms with Gasteiger partial charge in [0.2, 0.25) is 0 Å². The molecule has 0 aromatic rings. The second-order valence-electron chi connectivity index (χ2n) is 6.17. The molecular weight excluding hydrogens is 304 g/mol. The van der Waals surface area contributed by atoms with E-state index in [0.29, 0.717) is 12.8 Å². The van der Waals surface area contributed by atoms with Gasteiger partial charge in [-0.1, -0.05) is 65.2 Å². The Labute approximate surface area is 148 Å². The summed E-state index contributed by atoms with van der Waals surface area (Å²) in [6.07, 6.45) is 15.7. The van der Waals surface area contributed by atoms with E-state index in [2.05, 4.69) is 13.8 Å². The molecule has 0 bridgehead atoms. The molecule has 0 N–H and O–H groups in total. The summed E-state index contributed by atoms with van der Waals surface area (Å²) in [5, 5.41) is 0. The molecule has 0 amide bonds. The van der Waals surface area contributed by atoms with E-state index in [9.17, 15) is 9.59 Å². The summed E-state index contributed by atoms with van der Waals surface area (Å²) in [5.41, 5.74) is 0. The predicted molar refractivity (Wildman–Crippen MR) is 97.8 cm³/mol. The third-order valence-electron chi connectivity index (χ3n) is 3.82. The van der Waals surface area contributed by atoms with Crippen molar-refractivity contribution < 1.29 is 19.1 Å². The number of carbonyl (C=O) groups excluding carboxylic acids is 2. The maximum absolute atomic E-state index is 11.5. The molecule has 4 nitrogen and oxygen atoms in total. The van der Waals surface area contributed by atoms with E-state index in [-0.39, 0.29) is 25.2 Å². The third-order valence-corrected chi connectivity index (χ3v) is 3.82. The summed E-state index contributed by atoms with van der Waals surface area (Å²) in [5.74, 6) is -0.305. The summed E-state index contributed by atoms with van der Waals surface area (Å²) in [6, 6.07) is 0. The molecule has 0 spiro atoms. The zero-order valence-electron chi connectivity index (χ0n) is 15.7. The molecule has 0 aliphatic heterocycles. The molecular formula is C20H36O4. The summed E-state index contributed by atoms with van der Waals surface area (Å²) in [4.78, 5) is 22.9. The molecule has 0 saturated heterocycles. The van der Waals surface area contributed by atoms with Crippen LogP contribution in [0, 0.1) is 0 Å². The van der Waals surface area contributed by atoms with Crippen LogP contribution < -0.4 is 0 Å². The molecule has 0 aromatic heterocycles. The fourth-order valence-corrected chi connectivity index (χ4v) is 2.31. The lowest BCUT2D eigenvalue weighted by atomic mass is 10.1. The number of rotatable bonds is 16. The van der Waals surface area contributed by atoms with Gasteiger partial charge < -0.3 is 9.47 Å². The van der Waals surface area contributed by atoms with Crippen molar-refractivity contribution in [2.45, 2.75) is 90.9 Å². The summed E-state index contributed by atoms with van der Waals surface area (Å²) in [7, 11) is 0. The lowest BCUT2D eigenvalue weighted by Crippen LogP contribution is -2.05. The van der Waals surface area contributed by atoms with Gasteiger partial charge in [-0.25, -0.2) is 0 Å². The average molecular weight is 341 g/mol. The normalized spacial score (nSPS) is 10.9. The molecule has 24 heavy (non-hydrogen) atoms. The van der Waals surface area contributed by atoms with Crippen LogP contribution in [-0.2, 0) is 19.1 Å². The number of unbranched alkanes of at least 4 members (excludes halogenated alkanes) is 8. The number of hydrogen-bond donors (Lipinski definition) is 0. The Kier molecular flexibility index (Phi) is 17.0. The van der Waals surface area contributed by atoms with E-state index in [4.69, 9.17) is 9.47 Å². The number of esters is 2. The first-order valence-electron chi connectivity index (χ1n) is 9.66. The minimum absolute atomic E-state index is 0.153. The molecule has 0 fully saturated rings. The molecule has 0 radical (unpaired) electrons. The van der Waals surface area contributed by atoms with Gasteiger partial charge in [0.1, 0.15) is 13.2 Å². The minimum Gasteiger partial charge on any atom is -0.461 e. The first-order valence-corrected chi connectivity index (χ1v) is 9.66. The van der Waals surface area contributed by atoms with Crippen LogP contribution in [0.2, 0.25) is 0 Å². The molecule has 0 rings (SSSR count). The molecule has 0 saturated carbocycles. The van der Waals surface area contributed by atoms with Gasteiger partial charge in [-0.2, -0.15) is 0 Å². The highest BCUT2D eigenvalue weighted by atomic mass is 16.5. The minimum atomic E-state index is -0.153. The van der Waals surface area contributed by atoms with Crippen LogP contribution in [-0.4, -0.2) is 25.2 Å². The van der Waals surface area contributed by atoms with Crippen molar-refractivity contribution in [1.82, 2.24) is 0 Å². The van der Waals surface area contributed by atoms with Gasteiger partial charge in [0.05, 0.1) is 0 Å². The highest BCUT2D eigenvalue weighted by Crippen LogP contribution is 2.06. The van der Waals surface area contributed by atoms with Crippen LogP contribution in [0.4, 0.5) is 0 Å². The average Bonchev–Trinajstić information content (AvgIpc) is 2.57. The first kappa shape index (κ1) is 22.7. The number of carbonyl (C=O) groups is 2. The van der Waals surface area contributed by atoms with Crippen LogP contribution in [0.5, 0.6) is 0 Å². The predicted octanol–water partition coefficient (Wildman–Crippen LogP) is 5.35. The van der Waals surface area contributed by atoms with Crippen LogP contribution in [0.1, 0.15) is 90.9 Å². The van der Waals surface area contributed by atoms with Crippen molar-refractivity contribution in [3.63, 3.8) is 0 Å². The highest BCUT2D eigenvalue weighted by molar-refractivity contribution is 5.69. The molecule has 0 heterocycles. The SMILES string of the molecule is CCCCCCCC(=O)OCC=CCOC(=O)CCCCCCC. The Morgan fingerprint density at radius 3 is 1.38 bits per heavy atom. The van der Waals surface area contributed by atoms with Crippen molar-refractivity contribution in [2.24, 2.45) is 0 Å². The Balaban J connectivity index is 3.41. The summed E-state index contributed by atoms with van der Waals surface area (Å²) < 4.78 is 10.2. The number of hydrogen-bond acceptors (Lipinski definition) is 4. The van der Waals surface area contributed by atoms with Gasteiger partial charge in [0, 0.05) is 12.8 Å². The first-order chi connectivity index (χ1) is 11.7. The second-order valence-corrected chi connectivity index (χ2v) is 6.17. The second kappa shape index (κ2) is 18.0. The third kappa shape index (κ3) is 17.0. The van der Waals surface area contributed by atoms with Crippen molar-refractivity contribution in [3.8, 4) is 0 Å². The monoisotopic (exact) mass is 340 g/mol. The molecule has 0 aliphatic carbocycles. The maximum Gasteiger partial charge on any atom is 0.306 e. The Morgan fingerprint density at radius 1 is 0.625 bits per heavy atom. The standard InChI is InChI=1S/C20H36O4/c1-3-5-7-9-11-15-19(21)23-17-13-14-18-24-20(22)16-12-10-8-6-4-2/h13-14H,3-12,15-18H2,1-2H3. The summed E-state index contributed by atoms with van der Waals surface area (Å²) >= 11 is 0. The van der Waals surface area contributed by atoms with Gasteiger partial charge in [0.15, 0.2) is 0 Å². The quantitative estimate of drug-likeness (QED) is 0.216. The van der Waals surface area contributed by atoms with E-state index in [1.54, 1.807) is 12.2 Å². The van der Waals surface area contributed by atoms with E-state index in [1.165, 1.54) is 38.5 Å². The zero-order chi connectivity index (χ0) is 17.9. The van der Waals surface area contributed by atoms with Crippen molar-refractivity contribution in [2.75, 3.05) is 13.2 Å². The van der Waals surface area contributed by atoms with Gasteiger partial charge in [-0.15, -0.1) is 0 Å². The Hall–Kier alpha value is -1.32. The molecule has 0 unspecified atom stereocenters. The lowest BCUT2D eigenvalue weighted by molar-refractivity contribution is -0.143. The van der Waals surface area contributed by atoms with Gasteiger partial charge in [0.25, 0.3) is 0 Å². The van der Waals surface area contributed by atoms with Gasteiger partial charge in [-0.3, -0.25) is 9.59 Å².